The van der Waals surface area contributed by atoms with Crippen molar-refractivity contribution in [1.29, 1.82) is 0 Å². The van der Waals surface area contributed by atoms with Crippen molar-refractivity contribution in [3.8, 4) is 0 Å². The first-order chi connectivity index (χ1) is 9.10. The Morgan fingerprint density at radius 2 is 2.37 bits per heavy atom. The quantitative estimate of drug-likeness (QED) is 0.854. The topological polar surface area (TPSA) is 65.1 Å². The SMILES string of the molecule is CCCc1nc(C(=O)N(C)CC2CCN(C)C2)n[nH]1. The fraction of sp³-hybridized carbons (Fsp3) is 0.769. The van der Waals surface area contributed by atoms with Gasteiger partial charge in [0.05, 0.1) is 0 Å². The summed E-state index contributed by atoms with van der Waals surface area (Å²) in [5.74, 6) is 1.55. The molecule has 0 saturated carbocycles. The van der Waals surface area contributed by atoms with Gasteiger partial charge in [-0.05, 0) is 32.4 Å². The van der Waals surface area contributed by atoms with Crippen LogP contribution in [-0.2, 0) is 6.42 Å². The van der Waals surface area contributed by atoms with Crippen molar-refractivity contribution in [1.82, 2.24) is 25.0 Å². The number of hydrogen-bond acceptors (Lipinski definition) is 4. The summed E-state index contributed by atoms with van der Waals surface area (Å²) in [7, 11) is 3.95. The second-order valence-corrected chi connectivity index (χ2v) is 5.46. The maximum absolute atomic E-state index is 12.2. The van der Waals surface area contributed by atoms with Gasteiger partial charge in [0.15, 0.2) is 0 Å². The van der Waals surface area contributed by atoms with Crippen LogP contribution in [0, 0.1) is 5.92 Å². The zero-order valence-electron chi connectivity index (χ0n) is 12.0. The molecule has 2 rings (SSSR count). The number of rotatable bonds is 5. The highest BCUT2D eigenvalue weighted by Crippen LogP contribution is 2.15. The van der Waals surface area contributed by atoms with Gasteiger partial charge in [-0.1, -0.05) is 6.92 Å². The molecule has 106 valence electrons. The molecule has 0 aromatic carbocycles. The van der Waals surface area contributed by atoms with E-state index < -0.39 is 0 Å². The molecule has 0 aliphatic carbocycles. The van der Waals surface area contributed by atoms with E-state index >= 15 is 0 Å². The maximum atomic E-state index is 12.2. The second kappa shape index (κ2) is 6.14. The molecule has 1 amide bonds. The van der Waals surface area contributed by atoms with Crippen LogP contribution in [0.2, 0.25) is 0 Å². The van der Waals surface area contributed by atoms with Gasteiger partial charge in [-0.25, -0.2) is 4.98 Å². The van der Waals surface area contributed by atoms with Gasteiger partial charge in [-0.15, -0.1) is 5.10 Å². The van der Waals surface area contributed by atoms with Crippen molar-refractivity contribution in [3.63, 3.8) is 0 Å². The van der Waals surface area contributed by atoms with Gasteiger partial charge >= 0.3 is 0 Å². The molecule has 1 aliphatic rings. The van der Waals surface area contributed by atoms with Crippen LogP contribution in [0.1, 0.15) is 36.2 Å². The average molecular weight is 265 g/mol. The molecule has 1 aromatic rings. The van der Waals surface area contributed by atoms with Gasteiger partial charge in [0.25, 0.3) is 5.91 Å². The maximum Gasteiger partial charge on any atom is 0.293 e. The number of aromatic nitrogens is 3. The van der Waals surface area contributed by atoms with Gasteiger partial charge in [0, 0.05) is 26.6 Å². The van der Waals surface area contributed by atoms with Crippen molar-refractivity contribution in [2.45, 2.75) is 26.2 Å². The van der Waals surface area contributed by atoms with Crippen LogP contribution in [0.5, 0.6) is 0 Å². The Bertz CT molecular complexity index is 430. The lowest BCUT2D eigenvalue weighted by Gasteiger charge is -2.19. The van der Waals surface area contributed by atoms with Crippen LogP contribution in [0.15, 0.2) is 0 Å². The minimum Gasteiger partial charge on any atom is -0.339 e. The van der Waals surface area contributed by atoms with Crippen molar-refractivity contribution in [3.05, 3.63) is 11.6 Å². The third kappa shape index (κ3) is 3.53. The van der Waals surface area contributed by atoms with Crippen LogP contribution in [-0.4, -0.2) is 64.6 Å². The summed E-state index contributed by atoms with van der Waals surface area (Å²) in [5, 5.41) is 6.83. The average Bonchev–Trinajstić information content (AvgIpc) is 2.98. The van der Waals surface area contributed by atoms with Crippen molar-refractivity contribution >= 4 is 5.91 Å². The standard InChI is InChI=1S/C13H23N5O/c1-4-5-11-14-12(16-15-11)13(19)18(3)9-10-6-7-17(2)8-10/h10H,4-9H2,1-3H3,(H,14,15,16). The van der Waals surface area contributed by atoms with Crippen LogP contribution in [0.4, 0.5) is 0 Å². The van der Waals surface area contributed by atoms with Crippen LogP contribution < -0.4 is 0 Å². The van der Waals surface area contributed by atoms with Gasteiger partial charge < -0.3 is 9.80 Å². The van der Waals surface area contributed by atoms with Crippen molar-refractivity contribution < 1.29 is 4.79 Å². The lowest BCUT2D eigenvalue weighted by atomic mass is 10.1. The number of H-pyrrole nitrogens is 1. The first-order valence-corrected chi connectivity index (χ1v) is 6.95. The Labute approximate surface area is 114 Å². The minimum atomic E-state index is -0.0897. The number of amides is 1. The molecule has 1 saturated heterocycles. The Kier molecular flexibility index (Phi) is 4.52. The highest BCUT2D eigenvalue weighted by atomic mass is 16.2. The van der Waals surface area contributed by atoms with E-state index in [0.717, 1.165) is 44.7 Å². The fourth-order valence-electron chi connectivity index (χ4n) is 2.56. The Morgan fingerprint density at radius 3 is 3.00 bits per heavy atom. The molecule has 2 heterocycles. The summed E-state index contributed by atoms with van der Waals surface area (Å²) in [5.41, 5.74) is 0. The molecule has 6 heteroatoms. The predicted octanol–water partition coefficient (Wildman–Crippen LogP) is 0.781. The molecular formula is C13H23N5O. The van der Waals surface area contributed by atoms with Gasteiger partial charge in [0.1, 0.15) is 5.82 Å². The first-order valence-electron chi connectivity index (χ1n) is 6.95. The number of aryl methyl sites for hydroxylation is 1. The van der Waals surface area contributed by atoms with Crippen molar-refractivity contribution in [2.24, 2.45) is 5.92 Å². The molecule has 1 atom stereocenters. The third-order valence-corrected chi connectivity index (χ3v) is 3.58. The zero-order chi connectivity index (χ0) is 13.8. The smallest absolute Gasteiger partial charge is 0.293 e. The van der Waals surface area contributed by atoms with E-state index in [1.165, 1.54) is 0 Å². The van der Waals surface area contributed by atoms with E-state index in [9.17, 15) is 4.79 Å². The van der Waals surface area contributed by atoms with Gasteiger partial charge in [-0.2, -0.15) is 0 Å². The number of hydrogen-bond donors (Lipinski definition) is 1. The van der Waals surface area contributed by atoms with Gasteiger partial charge in [0.2, 0.25) is 5.82 Å². The Morgan fingerprint density at radius 1 is 1.58 bits per heavy atom. The van der Waals surface area contributed by atoms with E-state index in [1.54, 1.807) is 4.90 Å². The number of likely N-dealkylation sites (tertiary alicyclic amines) is 1. The monoisotopic (exact) mass is 265 g/mol. The predicted molar refractivity (Wildman–Crippen MR) is 72.9 cm³/mol. The van der Waals surface area contributed by atoms with E-state index in [-0.39, 0.29) is 11.7 Å². The molecule has 0 radical (unpaired) electrons. The molecule has 1 N–H and O–H groups in total. The lowest BCUT2D eigenvalue weighted by molar-refractivity contribution is 0.0762. The van der Waals surface area contributed by atoms with Crippen LogP contribution >= 0.6 is 0 Å². The Hall–Kier alpha value is -1.43. The Balaban J connectivity index is 1.90. The highest BCUT2D eigenvalue weighted by Gasteiger charge is 2.24. The summed E-state index contributed by atoms with van der Waals surface area (Å²) < 4.78 is 0. The normalized spacial score (nSPS) is 19.8. The number of aromatic amines is 1. The van der Waals surface area contributed by atoms with Gasteiger partial charge in [-0.3, -0.25) is 9.89 Å². The van der Waals surface area contributed by atoms with E-state index in [0.29, 0.717) is 5.92 Å². The summed E-state index contributed by atoms with van der Waals surface area (Å²) in [6.07, 6.45) is 2.98. The fourth-order valence-corrected chi connectivity index (χ4v) is 2.56. The summed E-state index contributed by atoms with van der Waals surface area (Å²) >= 11 is 0. The molecule has 1 fully saturated rings. The number of nitrogens with one attached hydrogen (secondary N) is 1. The second-order valence-electron chi connectivity index (χ2n) is 5.46. The molecule has 0 bridgehead atoms. The van der Waals surface area contributed by atoms with E-state index in [4.69, 9.17) is 0 Å². The highest BCUT2D eigenvalue weighted by molar-refractivity contribution is 5.90. The summed E-state index contributed by atoms with van der Waals surface area (Å²) in [4.78, 5) is 20.5. The lowest BCUT2D eigenvalue weighted by Crippen LogP contribution is -2.33. The summed E-state index contributed by atoms with van der Waals surface area (Å²) in [6.45, 7) is 5.04. The molecule has 1 unspecified atom stereocenters. The van der Waals surface area contributed by atoms with Crippen LogP contribution in [0.25, 0.3) is 0 Å². The van der Waals surface area contributed by atoms with Crippen LogP contribution in [0.3, 0.4) is 0 Å². The molecule has 1 aromatic heterocycles. The van der Waals surface area contributed by atoms with E-state index in [1.807, 2.05) is 7.05 Å². The van der Waals surface area contributed by atoms with Crippen molar-refractivity contribution in [2.75, 3.05) is 33.7 Å². The zero-order valence-corrected chi connectivity index (χ0v) is 12.0. The number of carbonyl (C=O) groups is 1. The molecular weight excluding hydrogens is 242 g/mol. The van der Waals surface area contributed by atoms with E-state index in [2.05, 4.69) is 34.1 Å². The molecule has 6 nitrogen and oxygen atoms in total. The third-order valence-electron chi connectivity index (χ3n) is 3.58. The number of nitrogens with zero attached hydrogens (tertiary/aromatic N) is 4. The molecule has 19 heavy (non-hydrogen) atoms. The number of carbonyl (C=O) groups excluding carboxylic acids is 1. The first kappa shape index (κ1) is 14.0. The minimum absolute atomic E-state index is 0.0897. The largest absolute Gasteiger partial charge is 0.339 e. The summed E-state index contributed by atoms with van der Waals surface area (Å²) in [6, 6.07) is 0. The molecule has 1 aliphatic heterocycles. The molecule has 0 spiro atoms.